The lowest BCUT2D eigenvalue weighted by atomic mass is 10.0. The van der Waals surface area contributed by atoms with E-state index in [0.29, 0.717) is 17.5 Å². The molecule has 1 heterocycles. The van der Waals surface area contributed by atoms with Gasteiger partial charge in [0, 0.05) is 18.7 Å². The smallest absolute Gasteiger partial charge is 0.254 e. The van der Waals surface area contributed by atoms with Gasteiger partial charge in [0.1, 0.15) is 5.82 Å². The largest absolute Gasteiger partial charge is 0.391 e. The minimum atomic E-state index is -0.595. The molecule has 0 radical (unpaired) electrons. The Morgan fingerprint density at radius 1 is 1.24 bits per heavy atom. The second kappa shape index (κ2) is 7.33. The van der Waals surface area contributed by atoms with Crippen molar-refractivity contribution < 1.29 is 14.3 Å². The second-order valence-corrected chi connectivity index (χ2v) is 6.86. The molecule has 1 aliphatic rings. The number of hydrogen-bond acceptors (Lipinski definition) is 3. The Kier molecular flexibility index (Phi) is 5.16. The van der Waals surface area contributed by atoms with Crippen LogP contribution in [-0.2, 0) is 6.54 Å². The van der Waals surface area contributed by atoms with E-state index in [1.54, 1.807) is 23.1 Å². The van der Waals surface area contributed by atoms with E-state index in [9.17, 15) is 14.3 Å². The van der Waals surface area contributed by atoms with Gasteiger partial charge in [0.2, 0.25) is 0 Å². The van der Waals surface area contributed by atoms with Gasteiger partial charge >= 0.3 is 0 Å². The summed E-state index contributed by atoms with van der Waals surface area (Å²) in [6.07, 6.45) is -0.172. The van der Waals surface area contributed by atoms with Gasteiger partial charge in [-0.05, 0) is 55.9 Å². The van der Waals surface area contributed by atoms with E-state index in [1.165, 1.54) is 12.1 Å². The fraction of sp³-hybridized carbons (Fsp3) is 0.350. The third kappa shape index (κ3) is 4.06. The zero-order chi connectivity index (χ0) is 18.0. The van der Waals surface area contributed by atoms with Gasteiger partial charge in [-0.3, -0.25) is 4.79 Å². The van der Waals surface area contributed by atoms with Crippen LogP contribution in [0, 0.1) is 5.82 Å². The van der Waals surface area contributed by atoms with E-state index in [4.69, 9.17) is 0 Å². The highest BCUT2D eigenvalue weighted by Crippen LogP contribution is 2.33. The Bertz CT molecular complexity index is 763. The molecule has 132 valence electrons. The Morgan fingerprint density at radius 3 is 2.72 bits per heavy atom. The first-order chi connectivity index (χ1) is 11.9. The third-order valence-electron chi connectivity index (χ3n) is 4.45. The predicted molar refractivity (Wildman–Crippen MR) is 94.6 cm³/mol. The summed E-state index contributed by atoms with van der Waals surface area (Å²) >= 11 is 0. The molecule has 1 N–H and O–H groups in total. The molecular formula is C20H23FN2O2. The number of aliphatic hydroxyl groups is 1. The molecule has 1 aliphatic heterocycles. The van der Waals surface area contributed by atoms with Crippen molar-refractivity contribution in [3.8, 4) is 0 Å². The number of aliphatic hydroxyl groups excluding tert-OH is 1. The summed E-state index contributed by atoms with van der Waals surface area (Å²) in [7, 11) is 3.95. The van der Waals surface area contributed by atoms with E-state index in [-0.39, 0.29) is 24.3 Å². The molecule has 0 aliphatic carbocycles. The number of rotatable bonds is 4. The normalized spacial score (nSPS) is 20.3. The fourth-order valence-electron chi connectivity index (χ4n) is 3.40. The van der Waals surface area contributed by atoms with Crippen molar-refractivity contribution in [1.82, 2.24) is 9.80 Å². The number of likely N-dealkylation sites (tertiary alicyclic amines) is 1. The highest BCUT2D eigenvalue weighted by atomic mass is 19.1. The summed E-state index contributed by atoms with van der Waals surface area (Å²) in [5.41, 5.74) is 2.36. The van der Waals surface area contributed by atoms with Gasteiger partial charge in [-0.2, -0.15) is 0 Å². The maximum atomic E-state index is 13.6. The van der Waals surface area contributed by atoms with Crippen molar-refractivity contribution in [2.24, 2.45) is 0 Å². The van der Waals surface area contributed by atoms with Crippen LogP contribution in [-0.4, -0.2) is 47.6 Å². The fourth-order valence-corrected chi connectivity index (χ4v) is 3.40. The van der Waals surface area contributed by atoms with Gasteiger partial charge in [0.05, 0.1) is 12.1 Å². The molecule has 3 rings (SSSR count). The molecule has 2 aromatic rings. The van der Waals surface area contributed by atoms with Crippen LogP contribution in [0.15, 0.2) is 48.5 Å². The molecule has 1 amide bonds. The van der Waals surface area contributed by atoms with Gasteiger partial charge in [-0.25, -0.2) is 4.39 Å². The number of halogens is 1. The van der Waals surface area contributed by atoms with Crippen molar-refractivity contribution in [1.29, 1.82) is 0 Å². The van der Waals surface area contributed by atoms with Crippen LogP contribution >= 0.6 is 0 Å². The molecular weight excluding hydrogens is 319 g/mol. The molecule has 5 heteroatoms. The third-order valence-corrected chi connectivity index (χ3v) is 4.45. The van der Waals surface area contributed by atoms with Crippen LogP contribution in [0.25, 0.3) is 0 Å². The SMILES string of the molecule is CN(C)Cc1cccc(C(=O)N2C[C@H](O)C[C@@H]2c2cccc(F)c2)c1. The van der Waals surface area contributed by atoms with Gasteiger partial charge in [0.15, 0.2) is 0 Å². The molecule has 0 bridgehead atoms. The first-order valence-corrected chi connectivity index (χ1v) is 8.42. The minimum Gasteiger partial charge on any atom is -0.391 e. The Balaban J connectivity index is 1.87. The number of carbonyl (C=O) groups excluding carboxylic acids is 1. The zero-order valence-corrected chi connectivity index (χ0v) is 14.5. The maximum Gasteiger partial charge on any atom is 0.254 e. The van der Waals surface area contributed by atoms with Crippen LogP contribution in [0.2, 0.25) is 0 Å². The monoisotopic (exact) mass is 342 g/mol. The Hall–Kier alpha value is -2.24. The summed E-state index contributed by atoms with van der Waals surface area (Å²) in [6, 6.07) is 13.5. The van der Waals surface area contributed by atoms with E-state index in [1.807, 2.05) is 37.2 Å². The molecule has 1 saturated heterocycles. The summed E-state index contributed by atoms with van der Waals surface area (Å²) in [5.74, 6) is -0.467. The maximum absolute atomic E-state index is 13.6. The number of hydrogen-bond donors (Lipinski definition) is 1. The number of nitrogens with zero attached hydrogens (tertiary/aromatic N) is 2. The second-order valence-electron chi connectivity index (χ2n) is 6.86. The molecule has 4 nitrogen and oxygen atoms in total. The Morgan fingerprint density at radius 2 is 2.00 bits per heavy atom. The zero-order valence-electron chi connectivity index (χ0n) is 14.5. The minimum absolute atomic E-state index is 0.133. The topological polar surface area (TPSA) is 43.8 Å². The highest BCUT2D eigenvalue weighted by molar-refractivity contribution is 5.95. The molecule has 2 atom stereocenters. The van der Waals surface area contributed by atoms with Crippen molar-refractivity contribution in [3.63, 3.8) is 0 Å². The highest BCUT2D eigenvalue weighted by Gasteiger charge is 2.35. The molecule has 2 aromatic carbocycles. The molecule has 0 unspecified atom stereocenters. The van der Waals surface area contributed by atoms with Crippen LogP contribution in [0.3, 0.4) is 0 Å². The molecule has 0 saturated carbocycles. The summed E-state index contributed by atoms with van der Waals surface area (Å²) < 4.78 is 13.6. The first kappa shape index (κ1) is 17.6. The van der Waals surface area contributed by atoms with Gasteiger partial charge in [-0.15, -0.1) is 0 Å². The molecule has 0 aromatic heterocycles. The standard InChI is InChI=1S/C20H23FN2O2/c1-22(2)12-14-5-3-7-16(9-14)20(25)23-13-18(24)11-19(23)15-6-4-8-17(21)10-15/h3-10,18-19,24H,11-13H2,1-2H3/t18-,19-/m1/s1. The molecule has 0 spiro atoms. The lowest BCUT2D eigenvalue weighted by Gasteiger charge is -2.25. The number of carbonyl (C=O) groups is 1. The van der Waals surface area contributed by atoms with Crippen LogP contribution in [0.4, 0.5) is 4.39 Å². The summed E-state index contributed by atoms with van der Waals surface area (Å²) in [5, 5.41) is 10.1. The molecule has 25 heavy (non-hydrogen) atoms. The van der Waals surface area contributed by atoms with Crippen molar-refractivity contribution in [2.75, 3.05) is 20.6 Å². The van der Waals surface area contributed by atoms with Crippen LogP contribution < -0.4 is 0 Å². The lowest BCUT2D eigenvalue weighted by molar-refractivity contribution is 0.0715. The average Bonchev–Trinajstić information content (AvgIpc) is 2.96. The van der Waals surface area contributed by atoms with E-state index in [0.717, 1.165) is 12.1 Å². The van der Waals surface area contributed by atoms with Crippen molar-refractivity contribution >= 4 is 5.91 Å². The van der Waals surface area contributed by atoms with E-state index >= 15 is 0 Å². The lowest BCUT2D eigenvalue weighted by Crippen LogP contribution is -2.32. The van der Waals surface area contributed by atoms with Gasteiger partial charge in [-0.1, -0.05) is 24.3 Å². The van der Waals surface area contributed by atoms with Crippen molar-refractivity contribution in [2.45, 2.75) is 25.1 Å². The van der Waals surface area contributed by atoms with Crippen molar-refractivity contribution in [3.05, 3.63) is 71.0 Å². The molecule has 1 fully saturated rings. The summed E-state index contributed by atoms with van der Waals surface area (Å²) in [4.78, 5) is 16.7. The summed E-state index contributed by atoms with van der Waals surface area (Å²) in [6.45, 7) is 1.01. The quantitative estimate of drug-likeness (QED) is 0.929. The number of β-amino-alcohol motifs (C(OH)–C–C–N with tert-alkyl or cyclic N) is 1. The van der Waals surface area contributed by atoms with Crippen LogP contribution in [0.1, 0.15) is 33.9 Å². The number of benzene rings is 2. The average molecular weight is 342 g/mol. The first-order valence-electron chi connectivity index (χ1n) is 8.42. The Labute approximate surface area is 147 Å². The van der Waals surface area contributed by atoms with E-state index in [2.05, 4.69) is 0 Å². The van der Waals surface area contributed by atoms with E-state index < -0.39 is 6.10 Å². The predicted octanol–water partition coefficient (Wildman–Crippen LogP) is 2.84. The number of amides is 1. The van der Waals surface area contributed by atoms with Crippen LogP contribution in [0.5, 0.6) is 0 Å². The van der Waals surface area contributed by atoms with Gasteiger partial charge < -0.3 is 14.9 Å². The van der Waals surface area contributed by atoms with Gasteiger partial charge in [0.25, 0.3) is 5.91 Å².